The van der Waals surface area contributed by atoms with Gasteiger partial charge in [0.1, 0.15) is 30.0 Å². The summed E-state index contributed by atoms with van der Waals surface area (Å²) in [6, 6.07) is 2.96. The molecule has 0 spiro atoms. The third-order valence-electron chi connectivity index (χ3n) is 7.26. The van der Waals surface area contributed by atoms with Crippen molar-refractivity contribution in [2.24, 2.45) is 27.9 Å². The third-order valence-corrected chi connectivity index (χ3v) is 7.26. The molecule has 3 amide bonds. The van der Waals surface area contributed by atoms with Crippen molar-refractivity contribution in [3.63, 3.8) is 0 Å². The quantitative estimate of drug-likeness (QED) is 0.0522. The maximum absolute atomic E-state index is 13.6. The third kappa shape index (κ3) is 11.3. The molecule has 0 bridgehead atoms. The van der Waals surface area contributed by atoms with E-state index in [0.717, 1.165) is 5.56 Å². The van der Waals surface area contributed by atoms with Gasteiger partial charge in [-0.1, -0.05) is 12.1 Å². The molecular formula is C28H46N8O7. The largest absolute Gasteiger partial charge is 0.497 e. The summed E-state index contributed by atoms with van der Waals surface area (Å²) in [6.07, 6.45) is 1.21. The summed E-state index contributed by atoms with van der Waals surface area (Å²) in [7, 11) is 1.54. The zero-order valence-corrected chi connectivity index (χ0v) is 24.6. The van der Waals surface area contributed by atoms with Crippen molar-refractivity contribution in [1.82, 2.24) is 15.5 Å². The number of nitrogens with two attached hydrogens (primary N) is 4. The summed E-state index contributed by atoms with van der Waals surface area (Å²) in [6.45, 7) is 0.844. The molecule has 0 aliphatic carbocycles. The molecule has 1 heterocycles. The Morgan fingerprint density at radius 1 is 1.07 bits per heavy atom. The lowest BCUT2D eigenvalue weighted by Gasteiger charge is -2.30. The molecule has 5 atom stereocenters. The number of hydrogen-bond acceptors (Lipinski definition) is 9. The van der Waals surface area contributed by atoms with E-state index in [-0.39, 0.29) is 38.3 Å². The fourth-order valence-electron chi connectivity index (χ4n) is 4.88. The van der Waals surface area contributed by atoms with E-state index in [1.165, 1.54) is 4.90 Å². The number of carbonyl (C=O) groups is 4. The molecule has 12 N–H and O–H groups in total. The Kier molecular flexibility index (Phi) is 14.7. The minimum atomic E-state index is -1.60. The average molecular weight is 607 g/mol. The van der Waals surface area contributed by atoms with Gasteiger partial charge in [-0.25, -0.2) is 4.79 Å². The van der Waals surface area contributed by atoms with Crippen molar-refractivity contribution in [3.05, 3.63) is 29.8 Å². The van der Waals surface area contributed by atoms with Gasteiger partial charge in [0.2, 0.25) is 11.8 Å². The molecule has 0 saturated carbocycles. The van der Waals surface area contributed by atoms with Crippen molar-refractivity contribution < 1.29 is 34.1 Å². The lowest BCUT2D eigenvalue weighted by molar-refractivity contribution is -0.145. The molecule has 15 nitrogen and oxygen atoms in total. The van der Waals surface area contributed by atoms with Gasteiger partial charge in [0.25, 0.3) is 5.91 Å². The molecule has 2 unspecified atom stereocenters. The Bertz CT molecular complexity index is 1100. The van der Waals surface area contributed by atoms with Crippen molar-refractivity contribution in [2.75, 3.05) is 26.7 Å². The number of benzene rings is 1. The van der Waals surface area contributed by atoms with E-state index < -0.39 is 54.0 Å². The second kappa shape index (κ2) is 17.9. The Hall–Kier alpha value is -3.95. The summed E-state index contributed by atoms with van der Waals surface area (Å²) in [5.74, 6) is -2.59. The summed E-state index contributed by atoms with van der Waals surface area (Å²) < 4.78 is 5.14. The highest BCUT2D eigenvalue weighted by Gasteiger charge is 2.39. The van der Waals surface area contributed by atoms with E-state index in [4.69, 9.17) is 27.7 Å². The number of rotatable bonds is 18. The van der Waals surface area contributed by atoms with E-state index in [1.807, 2.05) is 0 Å². The van der Waals surface area contributed by atoms with Crippen LogP contribution in [0.1, 0.15) is 50.5 Å². The van der Waals surface area contributed by atoms with Crippen LogP contribution in [0.2, 0.25) is 0 Å². The van der Waals surface area contributed by atoms with Crippen molar-refractivity contribution in [1.29, 1.82) is 0 Å². The molecule has 1 saturated heterocycles. The monoisotopic (exact) mass is 606 g/mol. The molecule has 1 aliphatic heterocycles. The Morgan fingerprint density at radius 3 is 2.35 bits per heavy atom. The first kappa shape index (κ1) is 35.2. The van der Waals surface area contributed by atoms with Gasteiger partial charge in [0, 0.05) is 19.1 Å². The molecule has 0 aromatic heterocycles. The zero-order chi connectivity index (χ0) is 31.9. The first-order valence-electron chi connectivity index (χ1n) is 14.4. The Labute approximate surface area is 251 Å². The number of nitrogens with zero attached hydrogens (tertiary/aromatic N) is 2. The molecule has 2 rings (SSSR count). The fourth-order valence-corrected chi connectivity index (χ4v) is 4.88. The highest BCUT2D eigenvalue weighted by atomic mass is 16.5. The number of likely N-dealkylation sites (tertiary alicyclic amines) is 1. The summed E-state index contributed by atoms with van der Waals surface area (Å²) in [5, 5.41) is 25.4. The van der Waals surface area contributed by atoms with Gasteiger partial charge in [0.05, 0.1) is 7.11 Å². The number of guanidine groups is 1. The number of aliphatic carboxylic acids is 1. The summed E-state index contributed by atoms with van der Waals surface area (Å²) in [5.41, 5.74) is 23.1. The maximum atomic E-state index is 13.6. The predicted molar refractivity (Wildman–Crippen MR) is 160 cm³/mol. The van der Waals surface area contributed by atoms with E-state index in [1.54, 1.807) is 31.4 Å². The molecule has 1 aromatic carbocycles. The molecule has 43 heavy (non-hydrogen) atoms. The van der Waals surface area contributed by atoms with Crippen LogP contribution >= 0.6 is 0 Å². The summed E-state index contributed by atoms with van der Waals surface area (Å²) >= 11 is 0. The summed E-state index contributed by atoms with van der Waals surface area (Å²) in [4.78, 5) is 56.7. The predicted octanol–water partition coefficient (Wildman–Crippen LogP) is -1.85. The van der Waals surface area contributed by atoms with Crippen molar-refractivity contribution in [3.8, 4) is 5.75 Å². The van der Waals surface area contributed by atoms with Crippen LogP contribution in [0, 0.1) is 0 Å². The standard InChI is InChI=1S/C28H46N8O7/c1-43-18-11-9-17(10-12-18)16-19(30)23(37)25(39)34-20(6-2-3-13-29)26(40)36-15-5-8-22(36)24(38)35-21(27(41)42)7-4-14-33-28(31)32/h9-12,19-23,37H,2-8,13-16,29-30H2,1H3,(H,34,39)(H,35,38)(H,41,42)(H4,31,32,33)/t19?,20-,21-,22-,23?/m0/s1. The number of aliphatic hydroxyl groups excluding tert-OH is 1. The lowest BCUT2D eigenvalue weighted by atomic mass is 10.0. The number of hydrogen-bond donors (Lipinski definition) is 8. The Balaban J connectivity index is 2.08. The van der Waals surface area contributed by atoms with Gasteiger partial charge in [-0.3, -0.25) is 19.4 Å². The van der Waals surface area contributed by atoms with Crippen LogP contribution in [0.15, 0.2) is 29.3 Å². The van der Waals surface area contributed by atoms with Gasteiger partial charge >= 0.3 is 5.97 Å². The van der Waals surface area contributed by atoms with Crippen LogP contribution in [0.4, 0.5) is 0 Å². The van der Waals surface area contributed by atoms with E-state index >= 15 is 0 Å². The van der Waals surface area contributed by atoms with Gasteiger partial charge in [-0.05, 0) is 75.6 Å². The van der Waals surface area contributed by atoms with E-state index in [0.29, 0.717) is 44.4 Å². The second-order valence-corrected chi connectivity index (χ2v) is 10.5. The number of amides is 3. The number of carboxylic acids is 1. The Morgan fingerprint density at radius 2 is 1.74 bits per heavy atom. The SMILES string of the molecule is COc1ccc(CC(N)C(O)C(=O)N[C@@H](CCCCN)C(=O)N2CCC[C@H]2C(=O)N[C@@H](CCCN=C(N)N)C(=O)O)cc1. The lowest BCUT2D eigenvalue weighted by Crippen LogP contribution is -2.57. The maximum Gasteiger partial charge on any atom is 0.326 e. The highest BCUT2D eigenvalue weighted by molar-refractivity contribution is 5.94. The smallest absolute Gasteiger partial charge is 0.326 e. The van der Waals surface area contributed by atoms with Crippen molar-refractivity contribution in [2.45, 2.75) is 81.6 Å². The number of carbonyl (C=O) groups excluding carboxylic acids is 3. The molecule has 1 aromatic rings. The van der Waals surface area contributed by atoms with Crippen LogP contribution in [-0.4, -0.2) is 102 Å². The van der Waals surface area contributed by atoms with E-state index in [9.17, 15) is 29.4 Å². The highest BCUT2D eigenvalue weighted by Crippen LogP contribution is 2.21. The first-order valence-corrected chi connectivity index (χ1v) is 14.4. The number of aliphatic imine (C=N–C) groups is 1. The molecule has 1 fully saturated rings. The first-order chi connectivity index (χ1) is 20.5. The van der Waals surface area contributed by atoms with Gasteiger partial charge < -0.3 is 53.4 Å². The fraction of sp³-hybridized carbons (Fsp3) is 0.607. The van der Waals surface area contributed by atoms with Gasteiger partial charge in [-0.15, -0.1) is 0 Å². The molecular weight excluding hydrogens is 560 g/mol. The second-order valence-electron chi connectivity index (χ2n) is 10.5. The molecule has 15 heteroatoms. The van der Waals surface area contributed by atoms with Gasteiger partial charge in [0.15, 0.2) is 5.96 Å². The normalized spacial score (nSPS) is 17.3. The van der Waals surface area contributed by atoms with Crippen LogP contribution in [0.3, 0.4) is 0 Å². The number of aliphatic hydroxyl groups is 1. The molecule has 240 valence electrons. The average Bonchev–Trinajstić information content (AvgIpc) is 3.47. The van der Waals surface area contributed by atoms with Crippen LogP contribution in [-0.2, 0) is 25.6 Å². The number of methoxy groups -OCH3 is 1. The number of nitrogens with one attached hydrogen (secondary N) is 2. The molecule has 0 radical (unpaired) electrons. The van der Waals surface area contributed by atoms with Crippen molar-refractivity contribution >= 4 is 29.7 Å². The van der Waals surface area contributed by atoms with Crippen LogP contribution in [0.25, 0.3) is 0 Å². The number of carboxylic acid groups (broad SMARTS) is 1. The van der Waals surface area contributed by atoms with Gasteiger partial charge in [-0.2, -0.15) is 0 Å². The molecule has 1 aliphatic rings. The van der Waals surface area contributed by atoms with E-state index in [2.05, 4.69) is 15.6 Å². The number of ether oxygens (including phenoxy) is 1. The minimum absolute atomic E-state index is 0.0883. The number of unbranched alkanes of at least 4 members (excludes halogenated alkanes) is 1. The van der Waals surface area contributed by atoms with Crippen LogP contribution < -0.4 is 38.3 Å². The topological polar surface area (TPSA) is 262 Å². The minimum Gasteiger partial charge on any atom is -0.497 e. The van der Waals surface area contributed by atoms with Crippen LogP contribution in [0.5, 0.6) is 5.75 Å². The zero-order valence-electron chi connectivity index (χ0n) is 24.6.